The quantitative estimate of drug-likeness (QED) is 0.317. The summed E-state index contributed by atoms with van der Waals surface area (Å²) in [7, 11) is 0. The van der Waals surface area contributed by atoms with Crippen molar-refractivity contribution in [1.82, 2.24) is 10.2 Å². The van der Waals surface area contributed by atoms with Gasteiger partial charge in [0.15, 0.2) is 0 Å². The molecule has 0 radical (unpaired) electrons. The van der Waals surface area contributed by atoms with Crippen LogP contribution in [0.2, 0.25) is 0 Å². The number of amides is 3. The number of primary amides is 1. The number of benzene rings is 2. The number of likely N-dealkylation sites (tertiary alicyclic amines) is 1. The van der Waals surface area contributed by atoms with Crippen molar-refractivity contribution in [2.75, 3.05) is 6.54 Å². The summed E-state index contributed by atoms with van der Waals surface area (Å²) in [5.74, 6) is -1.60. The number of halogens is 3. The zero-order valence-corrected chi connectivity index (χ0v) is 24.3. The second-order valence-corrected chi connectivity index (χ2v) is 11.9. The van der Waals surface area contributed by atoms with Crippen LogP contribution in [0.5, 0.6) is 0 Å². The number of hydrogen-bond donors (Lipinski definition) is 2. The predicted octanol–water partition coefficient (Wildman–Crippen LogP) is 6.47. The number of hydrogen-bond acceptors (Lipinski definition) is 3. The van der Waals surface area contributed by atoms with E-state index >= 15 is 0 Å². The van der Waals surface area contributed by atoms with Crippen LogP contribution in [0, 0.1) is 17.8 Å². The number of carbonyl (C=O) groups excluding carboxylic acids is 3. The summed E-state index contributed by atoms with van der Waals surface area (Å²) >= 11 is 0. The summed E-state index contributed by atoms with van der Waals surface area (Å²) in [5.41, 5.74) is 7.33. The molecule has 3 N–H and O–H groups in total. The first kappa shape index (κ1) is 31.6. The highest BCUT2D eigenvalue weighted by atomic mass is 19.4. The Bertz CT molecular complexity index is 1230. The predicted molar refractivity (Wildman–Crippen MR) is 156 cm³/mol. The van der Waals surface area contributed by atoms with Crippen molar-refractivity contribution in [3.8, 4) is 11.1 Å². The zero-order chi connectivity index (χ0) is 30.3. The first-order valence-electron chi connectivity index (χ1n) is 15.2. The van der Waals surface area contributed by atoms with Crippen LogP contribution < -0.4 is 11.1 Å². The summed E-state index contributed by atoms with van der Waals surface area (Å²) in [5, 5.41) is 3.02. The van der Waals surface area contributed by atoms with Gasteiger partial charge in [-0.05, 0) is 72.9 Å². The lowest BCUT2D eigenvalue weighted by atomic mass is 9.80. The van der Waals surface area contributed by atoms with Crippen molar-refractivity contribution >= 4 is 17.7 Å². The Kier molecular flexibility index (Phi) is 10.7. The third kappa shape index (κ3) is 8.13. The standard InChI is InChI=1S/C33H42F3N3O3/c1-2-8-27(30(37)40)28(20-22-9-3-4-10-22)31(41)38-29-13-5-6-18-39(32(29)42)21-23-11-7-12-25(19-23)24-14-16-26(17-15-24)33(34,35)36/h7,11-12,14-17,19,22,27-29H,2-6,8-10,13,18,20-21H2,1H3,(H2,37,40)(H,38,41)/t27-,28+,29-/m0/s1. The first-order chi connectivity index (χ1) is 20.1. The molecule has 1 aliphatic heterocycles. The van der Waals surface area contributed by atoms with Gasteiger partial charge in [-0.25, -0.2) is 0 Å². The van der Waals surface area contributed by atoms with E-state index in [1.54, 1.807) is 4.90 Å². The van der Waals surface area contributed by atoms with Gasteiger partial charge in [-0.15, -0.1) is 0 Å². The Morgan fingerprint density at radius 3 is 2.31 bits per heavy atom. The van der Waals surface area contributed by atoms with E-state index in [4.69, 9.17) is 5.73 Å². The number of rotatable bonds is 11. The maximum atomic E-state index is 13.7. The van der Waals surface area contributed by atoms with Gasteiger partial charge >= 0.3 is 6.18 Å². The summed E-state index contributed by atoms with van der Waals surface area (Å²) in [4.78, 5) is 41.5. The molecule has 42 heavy (non-hydrogen) atoms. The van der Waals surface area contributed by atoms with Gasteiger partial charge in [-0.2, -0.15) is 13.2 Å². The van der Waals surface area contributed by atoms with Gasteiger partial charge in [0, 0.05) is 24.9 Å². The summed E-state index contributed by atoms with van der Waals surface area (Å²) < 4.78 is 39.0. The fourth-order valence-corrected chi connectivity index (χ4v) is 6.51. The smallest absolute Gasteiger partial charge is 0.369 e. The van der Waals surface area contributed by atoms with Crippen molar-refractivity contribution in [3.63, 3.8) is 0 Å². The van der Waals surface area contributed by atoms with Crippen molar-refractivity contribution < 1.29 is 27.6 Å². The third-order valence-corrected chi connectivity index (χ3v) is 8.79. The van der Waals surface area contributed by atoms with Gasteiger partial charge in [-0.3, -0.25) is 14.4 Å². The van der Waals surface area contributed by atoms with Crippen LogP contribution in [0.25, 0.3) is 11.1 Å². The van der Waals surface area contributed by atoms with E-state index in [0.29, 0.717) is 43.8 Å². The molecule has 9 heteroatoms. The highest BCUT2D eigenvalue weighted by Crippen LogP contribution is 2.35. The van der Waals surface area contributed by atoms with Crippen LogP contribution in [0.1, 0.15) is 82.3 Å². The molecule has 1 saturated heterocycles. The minimum absolute atomic E-state index is 0.161. The van der Waals surface area contributed by atoms with E-state index in [2.05, 4.69) is 5.32 Å². The third-order valence-electron chi connectivity index (χ3n) is 8.79. The molecular formula is C33H42F3N3O3. The van der Waals surface area contributed by atoms with Crippen molar-refractivity contribution in [2.45, 2.75) is 89.9 Å². The van der Waals surface area contributed by atoms with Crippen molar-refractivity contribution in [2.24, 2.45) is 23.5 Å². The van der Waals surface area contributed by atoms with Crippen LogP contribution in [-0.4, -0.2) is 35.2 Å². The molecule has 1 saturated carbocycles. The molecule has 1 heterocycles. The molecule has 2 aromatic carbocycles. The lowest BCUT2D eigenvalue weighted by molar-refractivity contribution is -0.139. The topological polar surface area (TPSA) is 92.5 Å². The summed E-state index contributed by atoms with van der Waals surface area (Å²) in [6, 6.07) is 11.8. The van der Waals surface area contributed by atoms with Crippen LogP contribution in [-0.2, 0) is 27.1 Å². The van der Waals surface area contributed by atoms with Crippen LogP contribution in [0.4, 0.5) is 13.2 Å². The molecule has 0 aromatic heterocycles. The van der Waals surface area contributed by atoms with Gasteiger partial charge in [0.1, 0.15) is 6.04 Å². The van der Waals surface area contributed by atoms with Gasteiger partial charge in [0.05, 0.1) is 5.56 Å². The monoisotopic (exact) mass is 585 g/mol. The Hall–Kier alpha value is -3.36. The minimum atomic E-state index is -4.40. The van der Waals surface area contributed by atoms with Gasteiger partial charge in [0.25, 0.3) is 0 Å². The summed E-state index contributed by atoms with van der Waals surface area (Å²) in [6.45, 7) is 2.84. The molecule has 4 rings (SSSR count). The normalized spacial score (nSPS) is 19.8. The van der Waals surface area contributed by atoms with Crippen LogP contribution in [0.3, 0.4) is 0 Å². The highest BCUT2D eigenvalue weighted by molar-refractivity contribution is 5.91. The fraction of sp³-hybridized carbons (Fsp3) is 0.545. The Labute approximate surface area is 246 Å². The molecule has 6 nitrogen and oxygen atoms in total. The minimum Gasteiger partial charge on any atom is -0.369 e. The molecular weight excluding hydrogens is 543 g/mol. The molecule has 0 unspecified atom stereocenters. The number of nitrogens with one attached hydrogen (secondary N) is 1. The van der Waals surface area contributed by atoms with E-state index < -0.39 is 35.5 Å². The molecule has 2 aliphatic rings. The van der Waals surface area contributed by atoms with E-state index in [9.17, 15) is 27.6 Å². The Balaban J connectivity index is 1.47. The van der Waals surface area contributed by atoms with E-state index in [1.807, 2.05) is 31.2 Å². The second kappa shape index (κ2) is 14.2. The fourth-order valence-electron chi connectivity index (χ4n) is 6.51. The van der Waals surface area contributed by atoms with Crippen molar-refractivity contribution in [1.29, 1.82) is 0 Å². The summed E-state index contributed by atoms with van der Waals surface area (Å²) in [6.07, 6.45) is 3.94. The number of nitrogens with two attached hydrogens (primary N) is 1. The van der Waals surface area contributed by atoms with Crippen LogP contribution in [0.15, 0.2) is 48.5 Å². The molecule has 228 valence electrons. The van der Waals surface area contributed by atoms with E-state index in [1.165, 1.54) is 12.1 Å². The lowest BCUT2D eigenvalue weighted by Gasteiger charge is -2.29. The molecule has 2 fully saturated rings. The molecule has 1 aliphatic carbocycles. The molecule has 0 spiro atoms. The maximum absolute atomic E-state index is 13.7. The van der Waals surface area contributed by atoms with Crippen LogP contribution >= 0.6 is 0 Å². The Morgan fingerprint density at radius 1 is 0.976 bits per heavy atom. The average molecular weight is 586 g/mol. The van der Waals surface area contributed by atoms with E-state index in [-0.39, 0.29) is 11.8 Å². The molecule has 2 aromatic rings. The van der Waals surface area contributed by atoms with Gasteiger partial charge < -0.3 is 16.0 Å². The average Bonchev–Trinajstić information content (AvgIpc) is 3.42. The van der Waals surface area contributed by atoms with Gasteiger partial charge in [0.2, 0.25) is 17.7 Å². The lowest BCUT2D eigenvalue weighted by Crippen LogP contribution is -2.50. The molecule has 3 amide bonds. The zero-order valence-electron chi connectivity index (χ0n) is 24.3. The maximum Gasteiger partial charge on any atom is 0.416 e. The molecule has 3 atom stereocenters. The first-order valence-corrected chi connectivity index (χ1v) is 15.2. The molecule has 0 bridgehead atoms. The number of nitrogens with zero attached hydrogens (tertiary/aromatic N) is 1. The SMILES string of the molecule is CCC[C@H](C(N)=O)[C@@H](CC1CCCC1)C(=O)N[C@H]1CCCCN(Cc2cccc(-c3ccc(C(F)(F)F)cc3)c2)C1=O. The number of alkyl halides is 3. The Morgan fingerprint density at radius 2 is 1.67 bits per heavy atom. The van der Waals surface area contributed by atoms with Crippen molar-refractivity contribution in [3.05, 3.63) is 59.7 Å². The largest absolute Gasteiger partial charge is 0.416 e. The van der Waals surface area contributed by atoms with E-state index in [0.717, 1.165) is 68.2 Å². The highest BCUT2D eigenvalue weighted by Gasteiger charge is 2.37. The second-order valence-electron chi connectivity index (χ2n) is 11.9. The van der Waals surface area contributed by atoms with Gasteiger partial charge in [-0.1, -0.05) is 69.4 Å². The number of carbonyl (C=O) groups is 3.